The summed E-state index contributed by atoms with van der Waals surface area (Å²) >= 11 is 0. The minimum absolute atomic E-state index is 0. The molecule has 1 amide bonds. The molecule has 1 aromatic carbocycles. The van der Waals surface area contributed by atoms with Crippen LogP contribution in [0.1, 0.15) is 26.3 Å². The number of guanidine groups is 1. The van der Waals surface area contributed by atoms with E-state index in [0.717, 1.165) is 5.56 Å². The maximum Gasteiger partial charge on any atom is 0.410 e. The Morgan fingerprint density at radius 1 is 1.24 bits per heavy atom. The standard InChI is InChI=1S/C17H27FN4O2.HI/c1-17(2,3)24-16(23)22(5)11-10-20-15(19-4)21-12-13-6-8-14(18)9-7-13;/h6-9H,10-12H2,1-5H3,(H2,19,20,21);1H. The number of aliphatic imine (C=N–C) groups is 1. The zero-order valence-electron chi connectivity index (χ0n) is 15.4. The van der Waals surface area contributed by atoms with Gasteiger partial charge in [0.1, 0.15) is 11.4 Å². The Labute approximate surface area is 166 Å². The molecule has 1 aromatic rings. The number of carbonyl (C=O) groups is 1. The number of nitrogens with one attached hydrogen (secondary N) is 2. The van der Waals surface area contributed by atoms with Gasteiger partial charge in [0.2, 0.25) is 0 Å². The number of hydrogen-bond donors (Lipinski definition) is 2. The molecule has 0 aliphatic heterocycles. The van der Waals surface area contributed by atoms with Crippen molar-refractivity contribution in [3.63, 3.8) is 0 Å². The summed E-state index contributed by atoms with van der Waals surface area (Å²) < 4.78 is 18.1. The average Bonchev–Trinajstić information content (AvgIpc) is 2.50. The molecule has 0 spiro atoms. The second-order valence-electron chi connectivity index (χ2n) is 6.38. The molecule has 0 bridgehead atoms. The second kappa shape index (κ2) is 11.1. The summed E-state index contributed by atoms with van der Waals surface area (Å²) in [6, 6.07) is 6.27. The first-order valence-electron chi connectivity index (χ1n) is 7.84. The van der Waals surface area contributed by atoms with Crippen LogP contribution < -0.4 is 10.6 Å². The average molecular weight is 466 g/mol. The van der Waals surface area contributed by atoms with Crippen molar-refractivity contribution in [2.24, 2.45) is 4.99 Å². The van der Waals surface area contributed by atoms with Crippen molar-refractivity contribution >= 4 is 36.0 Å². The predicted octanol–water partition coefficient (Wildman–Crippen LogP) is 2.98. The molecular weight excluding hydrogens is 438 g/mol. The molecule has 25 heavy (non-hydrogen) atoms. The van der Waals surface area contributed by atoms with Gasteiger partial charge in [0.05, 0.1) is 0 Å². The Morgan fingerprint density at radius 3 is 2.36 bits per heavy atom. The lowest BCUT2D eigenvalue weighted by Crippen LogP contribution is -2.42. The van der Waals surface area contributed by atoms with Crippen LogP contribution in [0.3, 0.4) is 0 Å². The molecule has 0 aromatic heterocycles. The van der Waals surface area contributed by atoms with Gasteiger partial charge in [-0.05, 0) is 38.5 Å². The molecule has 0 heterocycles. The highest BCUT2D eigenvalue weighted by Gasteiger charge is 2.19. The lowest BCUT2D eigenvalue weighted by molar-refractivity contribution is 0.0302. The lowest BCUT2D eigenvalue weighted by atomic mass is 10.2. The molecule has 0 saturated carbocycles. The van der Waals surface area contributed by atoms with Crippen LogP contribution in [0, 0.1) is 5.82 Å². The molecule has 6 nitrogen and oxygen atoms in total. The predicted molar refractivity (Wildman–Crippen MR) is 109 cm³/mol. The van der Waals surface area contributed by atoms with E-state index in [1.54, 1.807) is 26.2 Å². The summed E-state index contributed by atoms with van der Waals surface area (Å²) in [6.45, 7) is 7.03. The Morgan fingerprint density at radius 2 is 1.84 bits per heavy atom. The van der Waals surface area contributed by atoms with Crippen LogP contribution in [-0.4, -0.2) is 49.7 Å². The lowest BCUT2D eigenvalue weighted by Gasteiger charge is -2.24. The monoisotopic (exact) mass is 466 g/mol. The minimum Gasteiger partial charge on any atom is -0.444 e. The highest BCUT2D eigenvalue weighted by atomic mass is 127. The van der Waals surface area contributed by atoms with Crippen molar-refractivity contribution in [3.8, 4) is 0 Å². The summed E-state index contributed by atoms with van der Waals surface area (Å²) in [7, 11) is 3.35. The fourth-order valence-corrected chi connectivity index (χ4v) is 1.78. The summed E-state index contributed by atoms with van der Waals surface area (Å²) in [5.74, 6) is 0.350. The van der Waals surface area contributed by atoms with Crippen LogP contribution in [0.2, 0.25) is 0 Å². The quantitative estimate of drug-likeness (QED) is 0.398. The smallest absolute Gasteiger partial charge is 0.410 e. The summed E-state index contributed by atoms with van der Waals surface area (Å²) in [4.78, 5) is 17.5. The van der Waals surface area contributed by atoms with E-state index < -0.39 is 5.60 Å². The highest BCUT2D eigenvalue weighted by Crippen LogP contribution is 2.08. The third-order valence-corrected chi connectivity index (χ3v) is 3.04. The normalized spacial score (nSPS) is 11.4. The maximum absolute atomic E-state index is 12.9. The number of likely N-dealkylation sites (N-methyl/N-ethyl adjacent to an activating group) is 1. The van der Waals surface area contributed by atoms with Gasteiger partial charge in [-0.1, -0.05) is 12.1 Å². The molecule has 0 atom stereocenters. The third-order valence-electron chi connectivity index (χ3n) is 3.04. The van der Waals surface area contributed by atoms with Gasteiger partial charge in [0, 0.05) is 33.7 Å². The number of carbonyl (C=O) groups excluding carboxylic acids is 1. The van der Waals surface area contributed by atoms with Crippen molar-refractivity contribution < 1.29 is 13.9 Å². The van der Waals surface area contributed by atoms with Crippen LogP contribution in [-0.2, 0) is 11.3 Å². The maximum atomic E-state index is 12.9. The number of rotatable bonds is 5. The van der Waals surface area contributed by atoms with E-state index in [0.29, 0.717) is 25.6 Å². The fraction of sp³-hybridized carbons (Fsp3) is 0.529. The van der Waals surface area contributed by atoms with E-state index in [9.17, 15) is 9.18 Å². The van der Waals surface area contributed by atoms with E-state index in [1.807, 2.05) is 20.8 Å². The first kappa shape index (κ1) is 23.4. The molecule has 0 unspecified atom stereocenters. The van der Waals surface area contributed by atoms with Crippen molar-refractivity contribution in [2.45, 2.75) is 32.9 Å². The molecule has 0 radical (unpaired) electrons. The Kier molecular flexibility index (Phi) is 10.4. The van der Waals surface area contributed by atoms with Crippen molar-refractivity contribution in [1.82, 2.24) is 15.5 Å². The van der Waals surface area contributed by atoms with Crippen molar-refractivity contribution in [1.29, 1.82) is 0 Å². The van der Waals surface area contributed by atoms with Gasteiger partial charge < -0.3 is 20.3 Å². The van der Waals surface area contributed by atoms with Crippen molar-refractivity contribution in [3.05, 3.63) is 35.6 Å². The highest BCUT2D eigenvalue weighted by molar-refractivity contribution is 14.0. The summed E-state index contributed by atoms with van der Waals surface area (Å²) in [6.07, 6.45) is -0.362. The van der Waals surface area contributed by atoms with Crippen LogP contribution in [0.25, 0.3) is 0 Å². The molecular formula is C17H28FIN4O2. The fourth-order valence-electron chi connectivity index (χ4n) is 1.78. The number of nitrogens with zero attached hydrogens (tertiary/aromatic N) is 2. The van der Waals surface area contributed by atoms with Gasteiger partial charge in [0.25, 0.3) is 0 Å². The van der Waals surface area contributed by atoms with Gasteiger partial charge >= 0.3 is 6.09 Å². The zero-order chi connectivity index (χ0) is 18.2. The van der Waals surface area contributed by atoms with Gasteiger partial charge in [-0.2, -0.15) is 0 Å². The molecule has 0 aliphatic rings. The van der Waals surface area contributed by atoms with E-state index in [2.05, 4.69) is 15.6 Å². The molecule has 0 fully saturated rings. The Balaban J connectivity index is 0.00000576. The SMILES string of the molecule is CN=C(NCCN(C)C(=O)OC(C)(C)C)NCc1ccc(F)cc1.I. The Bertz CT molecular complexity index is 559. The Hall–Kier alpha value is -1.58. The number of benzene rings is 1. The van der Waals surface area contributed by atoms with E-state index >= 15 is 0 Å². The largest absolute Gasteiger partial charge is 0.444 e. The molecule has 142 valence electrons. The van der Waals surface area contributed by atoms with Crippen LogP contribution in [0.4, 0.5) is 9.18 Å². The minimum atomic E-state index is -0.508. The van der Waals surface area contributed by atoms with Crippen LogP contribution in [0.5, 0.6) is 0 Å². The van der Waals surface area contributed by atoms with E-state index in [-0.39, 0.29) is 35.9 Å². The number of ether oxygens (including phenoxy) is 1. The van der Waals surface area contributed by atoms with Gasteiger partial charge in [-0.15, -0.1) is 24.0 Å². The van der Waals surface area contributed by atoms with Crippen LogP contribution >= 0.6 is 24.0 Å². The number of amides is 1. The van der Waals surface area contributed by atoms with E-state index in [1.165, 1.54) is 17.0 Å². The summed E-state index contributed by atoms with van der Waals surface area (Å²) in [5, 5.41) is 6.24. The molecule has 2 N–H and O–H groups in total. The number of halogens is 2. The van der Waals surface area contributed by atoms with Crippen molar-refractivity contribution in [2.75, 3.05) is 27.2 Å². The molecule has 0 saturated heterocycles. The first-order valence-corrected chi connectivity index (χ1v) is 7.84. The summed E-state index contributed by atoms with van der Waals surface area (Å²) in [5.41, 5.74) is 0.441. The van der Waals surface area contributed by atoms with Gasteiger partial charge in [-0.25, -0.2) is 9.18 Å². The molecule has 1 rings (SSSR count). The molecule has 0 aliphatic carbocycles. The van der Waals surface area contributed by atoms with Crippen LogP contribution in [0.15, 0.2) is 29.3 Å². The van der Waals surface area contributed by atoms with E-state index in [4.69, 9.17) is 4.74 Å². The second-order valence-corrected chi connectivity index (χ2v) is 6.38. The zero-order valence-corrected chi connectivity index (χ0v) is 17.8. The van der Waals surface area contributed by atoms with Gasteiger partial charge in [-0.3, -0.25) is 4.99 Å². The number of hydrogen-bond acceptors (Lipinski definition) is 3. The topological polar surface area (TPSA) is 66.0 Å². The first-order chi connectivity index (χ1) is 11.2. The third kappa shape index (κ3) is 10.1. The molecule has 8 heteroatoms. The van der Waals surface area contributed by atoms with Gasteiger partial charge in [0.15, 0.2) is 5.96 Å².